The molecule has 0 aliphatic heterocycles. The van der Waals surface area contributed by atoms with E-state index < -0.39 is 23.9 Å². The molecule has 1 unspecified atom stereocenters. The van der Waals surface area contributed by atoms with Crippen LogP contribution < -0.4 is 5.32 Å². The molecule has 0 aliphatic carbocycles. The molecule has 0 saturated heterocycles. The van der Waals surface area contributed by atoms with Crippen LogP contribution in [0.25, 0.3) is 0 Å². The summed E-state index contributed by atoms with van der Waals surface area (Å²) in [7, 11) is 0. The first-order chi connectivity index (χ1) is 7.85. The van der Waals surface area contributed by atoms with Crippen LogP contribution in [0.3, 0.4) is 0 Å². The molecule has 0 fully saturated rings. The van der Waals surface area contributed by atoms with E-state index >= 15 is 0 Å². The van der Waals surface area contributed by atoms with Crippen LogP contribution in [0.5, 0.6) is 0 Å². The van der Waals surface area contributed by atoms with Gasteiger partial charge < -0.3 is 15.5 Å². The number of amides is 1. The lowest BCUT2D eigenvalue weighted by Gasteiger charge is -2.20. The maximum absolute atomic E-state index is 13.1. The third kappa shape index (κ3) is 3.96. The van der Waals surface area contributed by atoms with Crippen LogP contribution in [0, 0.1) is 5.82 Å². The molecule has 1 rings (SSSR count). The molecule has 6 heteroatoms. The average molecular weight is 262 g/mol. The predicted molar refractivity (Wildman–Crippen MR) is 61.5 cm³/mol. The summed E-state index contributed by atoms with van der Waals surface area (Å²) in [4.78, 5) is 11.6. The molecule has 4 nitrogen and oxygen atoms in total. The van der Waals surface area contributed by atoms with E-state index in [0.29, 0.717) is 0 Å². The van der Waals surface area contributed by atoms with Crippen molar-refractivity contribution < 1.29 is 19.4 Å². The Morgan fingerprint density at radius 2 is 2.24 bits per heavy atom. The molecule has 0 saturated carbocycles. The number of carbonyl (C=O) groups excluding carboxylic acids is 1. The molecule has 0 radical (unpaired) electrons. The number of rotatable bonds is 4. The molecule has 0 spiro atoms. The van der Waals surface area contributed by atoms with E-state index in [2.05, 4.69) is 5.32 Å². The first kappa shape index (κ1) is 13.9. The number of hydrogen-bond donors (Lipinski definition) is 3. The lowest BCUT2D eigenvalue weighted by Crippen LogP contribution is -2.43. The van der Waals surface area contributed by atoms with Gasteiger partial charge in [0.05, 0.1) is 11.6 Å². The van der Waals surface area contributed by atoms with Gasteiger partial charge in [-0.1, -0.05) is 11.6 Å². The van der Waals surface area contributed by atoms with Crippen LogP contribution >= 0.6 is 11.6 Å². The van der Waals surface area contributed by atoms with Gasteiger partial charge in [-0.05, 0) is 25.1 Å². The van der Waals surface area contributed by atoms with Gasteiger partial charge in [-0.15, -0.1) is 0 Å². The zero-order valence-electron chi connectivity index (χ0n) is 9.20. The summed E-state index contributed by atoms with van der Waals surface area (Å²) >= 11 is 5.48. The fourth-order valence-electron chi connectivity index (χ4n) is 1.07. The quantitative estimate of drug-likeness (QED) is 0.756. The van der Waals surface area contributed by atoms with Gasteiger partial charge in [0.15, 0.2) is 0 Å². The maximum Gasteiger partial charge on any atom is 0.251 e. The van der Waals surface area contributed by atoms with Crippen LogP contribution in [0.1, 0.15) is 17.3 Å². The molecule has 0 aromatic heterocycles. The van der Waals surface area contributed by atoms with E-state index in [1.165, 1.54) is 19.1 Å². The number of aliphatic hydroxyl groups excluding tert-OH is 1. The Morgan fingerprint density at radius 1 is 1.59 bits per heavy atom. The van der Waals surface area contributed by atoms with E-state index in [1.54, 1.807) is 0 Å². The summed E-state index contributed by atoms with van der Waals surface area (Å²) in [6.45, 7) is 0.755. The minimum atomic E-state index is -1.40. The Hall–Kier alpha value is -1.17. The Balaban J connectivity index is 2.68. The molecule has 1 aromatic rings. The van der Waals surface area contributed by atoms with Gasteiger partial charge >= 0.3 is 0 Å². The maximum atomic E-state index is 13.1. The van der Waals surface area contributed by atoms with Gasteiger partial charge in [-0.3, -0.25) is 4.79 Å². The fourth-order valence-corrected chi connectivity index (χ4v) is 1.18. The summed E-state index contributed by atoms with van der Waals surface area (Å²) in [5.41, 5.74) is -1.30. The Bertz CT molecular complexity index is 423. The summed E-state index contributed by atoms with van der Waals surface area (Å²) < 4.78 is 13.1. The van der Waals surface area contributed by atoms with Crippen molar-refractivity contribution in [1.29, 1.82) is 0 Å². The van der Waals surface area contributed by atoms with Gasteiger partial charge in [-0.2, -0.15) is 0 Å². The lowest BCUT2D eigenvalue weighted by atomic mass is 10.1. The molecule has 94 valence electrons. The molecule has 1 amide bonds. The molecule has 1 aromatic carbocycles. The number of carbonyl (C=O) groups is 1. The van der Waals surface area contributed by atoms with Crippen LogP contribution in [0.2, 0.25) is 5.02 Å². The highest BCUT2D eigenvalue weighted by atomic mass is 35.5. The standard InChI is InChI=1S/C11H13ClFNO3/c1-11(17,6-15)5-14-10(16)7-2-3-8(12)9(13)4-7/h2-4,15,17H,5-6H2,1H3,(H,14,16). The second-order valence-corrected chi connectivity index (χ2v) is 4.37. The molecule has 0 heterocycles. The second-order valence-electron chi connectivity index (χ2n) is 3.97. The molecule has 3 N–H and O–H groups in total. The highest BCUT2D eigenvalue weighted by Gasteiger charge is 2.20. The third-order valence-electron chi connectivity index (χ3n) is 2.15. The molecule has 0 aliphatic rings. The zero-order valence-corrected chi connectivity index (χ0v) is 9.96. The Kier molecular flexibility index (Phi) is 4.45. The van der Waals surface area contributed by atoms with E-state index in [0.717, 1.165) is 6.07 Å². The number of aliphatic hydroxyl groups is 2. The van der Waals surface area contributed by atoms with Gasteiger partial charge in [0.2, 0.25) is 0 Å². The minimum Gasteiger partial charge on any atom is -0.393 e. The van der Waals surface area contributed by atoms with E-state index in [9.17, 15) is 14.3 Å². The molecule has 0 bridgehead atoms. The van der Waals surface area contributed by atoms with Gasteiger partial charge in [-0.25, -0.2) is 4.39 Å². The van der Waals surface area contributed by atoms with Crippen molar-refractivity contribution in [1.82, 2.24) is 5.32 Å². The van der Waals surface area contributed by atoms with Crippen molar-refractivity contribution >= 4 is 17.5 Å². The first-order valence-electron chi connectivity index (χ1n) is 4.92. The second kappa shape index (κ2) is 5.44. The molecule has 17 heavy (non-hydrogen) atoms. The third-order valence-corrected chi connectivity index (χ3v) is 2.46. The van der Waals surface area contributed by atoms with Gasteiger partial charge in [0.25, 0.3) is 5.91 Å². The van der Waals surface area contributed by atoms with Crippen molar-refractivity contribution in [3.8, 4) is 0 Å². The topological polar surface area (TPSA) is 69.6 Å². The molecule has 1 atom stereocenters. The minimum absolute atomic E-state index is 0.0658. The molecular weight excluding hydrogens is 249 g/mol. The van der Waals surface area contributed by atoms with Crippen molar-refractivity contribution in [3.63, 3.8) is 0 Å². The summed E-state index contributed by atoms with van der Waals surface area (Å²) in [6.07, 6.45) is 0. The first-order valence-corrected chi connectivity index (χ1v) is 5.30. The van der Waals surface area contributed by atoms with Crippen molar-refractivity contribution in [2.45, 2.75) is 12.5 Å². The SMILES string of the molecule is CC(O)(CO)CNC(=O)c1ccc(Cl)c(F)c1. The van der Waals surface area contributed by atoms with E-state index in [-0.39, 0.29) is 17.1 Å². The van der Waals surface area contributed by atoms with E-state index in [4.69, 9.17) is 16.7 Å². The monoisotopic (exact) mass is 261 g/mol. The number of benzene rings is 1. The largest absolute Gasteiger partial charge is 0.393 e. The lowest BCUT2D eigenvalue weighted by molar-refractivity contribution is 0.00320. The smallest absolute Gasteiger partial charge is 0.251 e. The highest BCUT2D eigenvalue weighted by Crippen LogP contribution is 2.15. The molecular formula is C11H13ClFNO3. The van der Waals surface area contributed by atoms with Crippen LogP contribution in [-0.2, 0) is 0 Å². The number of hydrogen-bond acceptors (Lipinski definition) is 3. The number of halogens is 2. The van der Waals surface area contributed by atoms with Crippen molar-refractivity contribution in [3.05, 3.63) is 34.6 Å². The van der Waals surface area contributed by atoms with Crippen LogP contribution in [-0.4, -0.2) is 34.9 Å². The normalized spacial score (nSPS) is 14.2. The Morgan fingerprint density at radius 3 is 2.76 bits per heavy atom. The van der Waals surface area contributed by atoms with Crippen molar-refractivity contribution in [2.24, 2.45) is 0 Å². The zero-order chi connectivity index (χ0) is 13.1. The highest BCUT2D eigenvalue weighted by molar-refractivity contribution is 6.30. The predicted octanol–water partition coefficient (Wildman–Crippen LogP) is 0.952. The summed E-state index contributed by atoms with van der Waals surface area (Å²) in [5, 5.41) is 20.5. The average Bonchev–Trinajstić information content (AvgIpc) is 2.30. The summed E-state index contributed by atoms with van der Waals surface area (Å²) in [6, 6.07) is 3.65. The van der Waals surface area contributed by atoms with Gasteiger partial charge in [0, 0.05) is 12.1 Å². The van der Waals surface area contributed by atoms with Crippen LogP contribution in [0.15, 0.2) is 18.2 Å². The fraction of sp³-hybridized carbons (Fsp3) is 0.364. The summed E-state index contributed by atoms with van der Waals surface area (Å²) in [5.74, 6) is -1.23. The van der Waals surface area contributed by atoms with E-state index in [1.807, 2.05) is 0 Å². The number of nitrogens with one attached hydrogen (secondary N) is 1. The van der Waals surface area contributed by atoms with Crippen LogP contribution in [0.4, 0.5) is 4.39 Å². The van der Waals surface area contributed by atoms with Gasteiger partial charge in [0.1, 0.15) is 11.4 Å². The van der Waals surface area contributed by atoms with Crippen molar-refractivity contribution in [2.75, 3.05) is 13.2 Å². The Labute approximate surface area is 103 Å².